The Balaban J connectivity index is 4.08. The zero-order valence-corrected chi connectivity index (χ0v) is 39.4. The number of rotatable bonds is 44. The van der Waals surface area contributed by atoms with Crippen molar-refractivity contribution in [2.24, 2.45) is 0 Å². The largest absolute Gasteiger partial charge is 0.472 e. The summed E-state index contributed by atoms with van der Waals surface area (Å²) in [4.78, 5) is 22.9. The molecule has 8 nitrogen and oxygen atoms in total. The molecule has 0 radical (unpaired) electrons. The Hall–Kier alpha value is -1.54. The summed E-state index contributed by atoms with van der Waals surface area (Å²) in [6, 6.07) is 0. The smallest absolute Gasteiger partial charge is 0.457 e. The zero-order valence-electron chi connectivity index (χ0n) is 38.5. The van der Waals surface area contributed by atoms with Crippen molar-refractivity contribution in [3.63, 3.8) is 0 Å². The lowest BCUT2D eigenvalue weighted by atomic mass is 10.0. The topological polar surface area (TPSA) is 91.3 Å². The summed E-state index contributed by atoms with van der Waals surface area (Å²) in [5, 5.41) is 0. The Kier molecular flexibility index (Phi) is 41.0. The number of phosphoric ester groups is 1. The molecule has 0 aromatic rings. The quantitative estimate of drug-likeness (QED) is 0.0215. The normalized spacial score (nSPS) is 14.1. The first kappa shape index (κ1) is 56.5. The van der Waals surface area contributed by atoms with Crippen molar-refractivity contribution in [2.45, 2.75) is 206 Å². The summed E-state index contributed by atoms with van der Waals surface area (Å²) in [6.45, 7) is 5.52. The molecule has 0 aliphatic carbocycles. The van der Waals surface area contributed by atoms with Crippen LogP contribution in [-0.2, 0) is 27.9 Å². The second-order valence-corrected chi connectivity index (χ2v) is 18.6. The number of carbonyl (C=O) groups excluding carboxylic acids is 1. The highest BCUT2D eigenvalue weighted by atomic mass is 31.2. The summed E-state index contributed by atoms with van der Waals surface area (Å²) in [7, 11) is 1.67. The number of unbranched alkanes of at least 4 members (excludes halogenated alkanes) is 22. The van der Waals surface area contributed by atoms with E-state index in [4.69, 9.17) is 18.5 Å². The molecule has 0 aliphatic rings. The highest BCUT2D eigenvalue weighted by molar-refractivity contribution is 7.47. The minimum Gasteiger partial charge on any atom is -0.457 e. The van der Waals surface area contributed by atoms with E-state index in [-0.39, 0.29) is 25.8 Å². The molecule has 58 heavy (non-hydrogen) atoms. The highest BCUT2D eigenvalue weighted by Crippen LogP contribution is 2.43. The number of hydrogen-bond acceptors (Lipinski definition) is 6. The summed E-state index contributed by atoms with van der Waals surface area (Å²) < 4.78 is 35.0. The first-order valence-corrected chi connectivity index (χ1v) is 25.4. The van der Waals surface area contributed by atoms with Crippen molar-refractivity contribution >= 4 is 13.8 Å². The van der Waals surface area contributed by atoms with Crippen molar-refractivity contribution < 1.29 is 37.3 Å². The second kappa shape index (κ2) is 42.2. The molecule has 0 amide bonds. The first-order chi connectivity index (χ1) is 28.1. The molecule has 2 unspecified atom stereocenters. The van der Waals surface area contributed by atoms with Crippen LogP contribution in [-0.4, -0.2) is 75.6 Å². The molecular formula is C49H93NO7P+. The van der Waals surface area contributed by atoms with Crippen LogP contribution in [0.1, 0.15) is 200 Å². The van der Waals surface area contributed by atoms with Crippen LogP contribution in [0.4, 0.5) is 0 Å². The molecule has 340 valence electrons. The minimum atomic E-state index is -4.27. The maximum absolute atomic E-state index is 12.7. The van der Waals surface area contributed by atoms with Crippen LogP contribution < -0.4 is 0 Å². The molecular weight excluding hydrogens is 746 g/mol. The van der Waals surface area contributed by atoms with E-state index in [1.807, 2.05) is 21.1 Å². The van der Waals surface area contributed by atoms with Gasteiger partial charge in [0.1, 0.15) is 19.3 Å². The molecule has 0 saturated carbocycles. The molecule has 2 atom stereocenters. The standard InChI is InChI=1S/C49H92NO7P/c1-6-8-10-12-14-16-18-19-20-21-22-23-24-25-26-27-28-29-30-31-32-34-36-38-40-42-49(51)57-48(47-56-58(52,53)55-45-43-50(3,4)5)46-54-44-41-39-37-35-33-17-15-13-11-9-7-2/h8,10,14,16,19-20,22-23,48H,6-7,9,11-13,15,17-18,21,24-47H2,1-5H3/p+1/b10-8-,16-14-,20-19-,23-22-. The van der Waals surface area contributed by atoms with E-state index < -0.39 is 13.9 Å². The summed E-state index contributed by atoms with van der Waals surface area (Å²) in [5.74, 6) is -0.316. The van der Waals surface area contributed by atoms with E-state index >= 15 is 0 Å². The Morgan fingerprint density at radius 1 is 0.552 bits per heavy atom. The SMILES string of the molecule is CC/C=C\C/C=C\C/C=C\C/C=C\CCCCCCCCCCCCCCC(=O)OC(COCCCCCCCCCCCCC)COP(=O)(O)OCC[N+](C)(C)C. The summed E-state index contributed by atoms with van der Waals surface area (Å²) in [6.07, 6.45) is 51.5. The predicted molar refractivity (Wildman–Crippen MR) is 247 cm³/mol. The van der Waals surface area contributed by atoms with Crippen molar-refractivity contribution in [3.05, 3.63) is 48.6 Å². The van der Waals surface area contributed by atoms with Gasteiger partial charge in [-0.1, -0.05) is 191 Å². The van der Waals surface area contributed by atoms with E-state index in [0.717, 1.165) is 57.8 Å². The number of hydrogen-bond donors (Lipinski definition) is 1. The van der Waals surface area contributed by atoms with Gasteiger partial charge in [0.15, 0.2) is 0 Å². The van der Waals surface area contributed by atoms with Crippen molar-refractivity contribution in [3.8, 4) is 0 Å². The second-order valence-electron chi connectivity index (χ2n) is 17.1. The van der Waals surface area contributed by atoms with E-state index in [9.17, 15) is 14.3 Å². The molecule has 1 N–H and O–H groups in total. The molecule has 0 aliphatic heterocycles. The number of esters is 1. The van der Waals surface area contributed by atoms with Gasteiger partial charge in [-0.15, -0.1) is 0 Å². The van der Waals surface area contributed by atoms with Crippen LogP contribution in [0.2, 0.25) is 0 Å². The molecule has 0 saturated heterocycles. The Morgan fingerprint density at radius 2 is 1.00 bits per heavy atom. The monoisotopic (exact) mass is 839 g/mol. The number of likely N-dealkylation sites (N-methyl/N-ethyl adjacent to an activating group) is 1. The average molecular weight is 839 g/mol. The third-order valence-corrected chi connectivity index (χ3v) is 11.1. The lowest BCUT2D eigenvalue weighted by Gasteiger charge is -2.24. The third kappa shape index (κ3) is 45.5. The van der Waals surface area contributed by atoms with Crippen LogP contribution in [0.3, 0.4) is 0 Å². The van der Waals surface area contributed by atoms with Gasteiger partial charge in [0.05, 0.1) is 34.4 Å². The van der Waals surface area contributed by atoms with E-state index in [1.54, 1.807) is 0 Å². The number of ether oxygens (including phenoxy) is 2. The van der Waals surface area contributed by atoms with Crippen LogP contribution in [0.5, 0.6) is 0 Å². The molecule has 0 fully saturated rings. The van der Waals surface area contributed by atoms with Crippen molar-refractivity contribution in [1.82, 2.24) is 0 Å². The van der Waals surface area contributed by atoms with Gasteiger partial charge in [-0.05, 0) is 51.4 Å². The summed E-state index contributed by atoms with van der Waals surface area (Å²) >= 11 is 0. The number of nitrogens with zero attached hydrogens (tertiary/aromatic N) is 1. The number of allylic oxidation sites excluding steroid dienone is 8. The third-order valence-electron chi connectivity index (χ3n) is 10.2. The molecule has 9 heteroatoms. The Labute approximate surface area is 358 Å². The van der Waals surface area contributed by atoms with E-state index in [1.165, 1.54) is 122 Å². The van der Waals surface area contributed by atoms with Crippen LogP contribution in [0, 0.1) is 0 Å². The maximum Gasteiger partial charge on any atom is 0.472 e. The number of carbonyl (C=O) groups is 1. The van der Waals surface area contributed by atoms with Gasteiger partial charge < -0.3 is 18.9 Å². The van der Waals surface area contributed by atoms with E-state index in [2.05, 4.69) is 62.5 Å². The Morgan fingerprint density at radius 3 is 1.50 bits per heavy atom. The Bertz CT molecular complexity index is 1070. The molecule has 0 bridgehead atoms. The van der Waals surface area contributed by atoms with Gasteiger partial charge in [0.25, 0.3) is 0 Å². The lowest BCUT2D eigenvalue weighted by molar-refractivity contribution is -0.870. The van der Waals surface area contributed by atoms with Crippen molar-refractivity contribution in [1.29, 1.82) is 0 Å². The van der Waals surface area contributed by atoms with Gasteiger partial charge in [-0.25, -0.2) is 4.57 Å². The van der Waals surface area contributed by atoms with Gasteiger partial charge in [0, 0.05) is 13.0 Å². The minimum absolute atomic E-state index is 0.0886. The van der Waals surface area contributed by atoms with Crippen LogP contribution >= 0.6 is 7.82 Å². The van der Waals surface area contributed by atoms with E-state index in [0.29, 0.717) is 24.1 Å². The number of quaternary nitrogens is 1. The van der Waals surface area contributed by atoms with Gasteiger partial charge in [-0.3, -0.25) is 13.8 Å². The number of phosphoric acid groups is 1. The molecule has 0 heterocycles. The average Bonchev–Trinajstić information content (AvgIpc) is 3.18. The zero-order chi connectivity index (χ0) is 42.7. The first-order valence-electron chi connectivity index (χ1n) is 23.9. The molecule has 0 aromatic heterocycles. The fraction of sp³-hybridized carbons (Fsp3) is 0.816. The lowest BCUT2D eigenvalue weighted by Crippen LogP contribution is -2.37. The summed E-state index contributed by atoms with van der Waals surface area (Å²) in [5.41, 5.74) is 0. The van der Waals surface area contributed by atoms with Gasteiger partial charge in [0.2, 0.25) is 0 Å². The molecule has 0 spiro atoms. The predicted octanol–water partition coefficient (Wildman–Crippen LogP) is 14.3. The highest BCUT2D eigenvalue weighted by Gasteiger charge is 2.26. The van der Waals surface area contributed by atoms with Gasteiger partial charge >= 0.3 is 13.8 Å². The van der Waals surface area contributed by atoms with Crippen LogP contribution in [0.25, 0.3) is 0 Å². The maximum atomic E-state index is 12.7. The molecule has 0 rings (SSSR count). The van der Waals surface area contributed by atoms with Crippen LogP contribution in [0.15, 0.2) is 48.6 Å². The fourth-order valence-electron chi connectivity index (χ4n) is 6.49. The van der Waals surface area contributed by atoms with Gasteiger partial charge in [-0.2, -0.15) is 0 Å². The van der Waals surface area contributed by atoms with Crippen molar-refractivity contribution in [2.75, 3.05) is 54.1 Å². The molecule has 0 aromatic carbocycles. The fourth-order valence-corrected chi connectivity index (χ4v) is 7.23.